The Morgan fingerprint density at radius 3 is 2.83 bits per heavy atom. The van der Waals surface area contributed by atoms with Gasteiger partial charge < -0.3 is 13.9 Å². The van der Waals surface area contributed by atoms with Crippen LogP contribution in [0.3, 0.4) is 0 Å². The predicted octanol–water partition coefficient (Wildman–Crippen LogP) is 5.60. The number of carbonyl (C=O) groups excluding carboxylic acids is 1. The van der Waals surface area contributed by atoms with Crippen molar-refractivity contribution in [1.29, 1.82) is 5.26 Å². The van der Waals surface area contributed by atoms with E-state index in [1.165, 1.54) is 11.3 Å². The maximum absolute atomic E-state index is 12.3. The first-order valence-electron chi connectivity index (χ1n) is 9.31. The van der Waals surface area contributed by atoms with Crippen LogP contribution in [0.25, 0.3) is 32.8 Å². The minimum atomic E-state index is -0.439. The fourth-order valence-corrected chi connectivity index (χ4v) is 4.22. The number of hydrogen-bond acceptors (Lipinski definition) is 7. The van der Waals surface area contributed by atoms with E-state index in [4.69, 9.17) is 13.9 Å². The molecule has 6 nitrogen and oxygen atoms in total. The third kappa shape index (κ3) is 3.42. The highest BCUT2D eigenvalue weighted by molar-refractivity contribution is 7.19. The van der Waals surface area contributed by atoms with Gasteiger partial charge in [-0.25, -0.2) is 9.78 Å². The third-order valence-electron chi connectivity index (χ3n) is 4.64. The molecule has 0 aliphatic rings. The summed E-state index contributed by atoms with van der Waals surface area (Å²) in [6.45, 7) is 3.75. The van der Waals surface area contributed by atoms with Crippen molar-refractivity contribution in [3.63, 3.8) is 0 Å². The van der Waals surface area contributed by atoms with E-state index in [2.05, 4.69) is 11.1 Å². The van der Waals surface area contributed by atoms with Crippen LogP contribution in [0.2, 0.25) is 0 Å². The van der Waals surface area contributed by atoms with Gasteiger partial charge in [0, 0.05) is 10.9 Å². The molecule has 30 heavy (non-hydrogen) atoms. The number of ether oxygens (including phenoxy) is 2. The van der Waals surface area contributed by atoms with Gasteiger partial charge in [0.1, 0.15) is 33.7 Å². The smallest absolute Gasteiger partial charge is 0.342 e. The highest BCUT2D eigenvalue weighted by Gasteiger charge is 2.21. The van der Waals surface area contributed by atoms with Crippen LogP contribution >= 0.6 is 11.3 Å². The Morgan fingerprint density at radius 1 is 1.33 bits per heavy atom. The van der Waals surface area contributed by atoms with E-state index < -0.39 is 5.97 Å². The summed E-state index contributed by atoms with van der Waals surface area (Å²) in [6.07, 6.45) is 1.72. The van der Waals surface area contributed by atoms with Crippen molar-refractivity contribution in [2.75, 3.05) is 13.7 Å². The van der Waals surface area contributed by atoms with Crippen LogP contribution < -0.4 is 4.74 Å². The Morgan fingerprint density at radius 2 is 2.13 bits per heavy atom. The second kappa shape index (κ2) is 8.01. The number of methoxy groups -OCH3 is 1. The average molecular weight is 418 g/mol. The van der Waals surface area contributed by atoms with Gasteiger partial charge in [-0.3, -0.25) is 0 Å². The van der Waals surface area contributed by atoms with Crippen LogP contribution in [-0.2, 0) is 4.74 Å². The molecular formula is C23H18N2O4S. The third-order valence-corrected chi connectivity index (χ3v) is 5.71. The van der Waals surface area contributed by atoms with E-state index >= 15 is 0 Å². The largest absolute Gasteiger partial charge is 0.496 e. The second-order valence-electron chi connectivity index (χ2n) is 6.50. The number of allylic oxidation sites excluding steroid dienone is 1. The molecule has 0 radical (unpaired) electrons. The normalized spacial score (nSPS) is 11.6. The number of nitrogens with zero attached hydrogens (tertiary/aromatic N) is 2. The number of carbonyl (C=O) groups is 1. The first-order chi connectivity index (χ1) is 14.5. The number of thiazole rings is 1. The lowest BCUT2D eigenvalue weighted by Crippen LogP contribution is -2.05. The number of aromatic nitrogens is 1. The van der Waals surface area contributed by atoms with Crippen LogP contribution in [0.4, 0.5) is 0 Å². The Balaban J connectivity index is 1.85. The summed E-state index contributed by atoms with van der Waals surface area (Å²) in [4.78, 5) is 16.9. The average Bonchev–Trinajstić information content (AvgIpc) is 3.31. The summed E-state index contributed by atoms with van der Waals surface area (Å²) in [6, 6.07) is 13.5. The lowest BCUT2D eigenvalue weighted by atomic mass is 10.1. The Bertz CT molecular complexity index is 1310. The minimum Gasteiger partial charge on any atom is -0.496 e. The molecule has 0 saturated heterocycles. The second-order valence-corrected chi connectivity index (χ2v) is 7.53. The maximum atomic E-state index is 12.3. The number of aryl methyl sites for hydroxylation is 1. The number of fused-ring (bicyclic) bond motifs is 2. The van der Waals surface area contributed by atoms with Crippen molar-refractivity contribution in [3.8, 4) is 11.8 Å². The molecular weight excluding hydrogens is 400 g/mol. The van der Waals surface area contributed by atoms with Crippen molar-refractivity contribution < 1.29 is 18.7 Å². The molecule has 0 aliphatic carbocycles. The summed E-state index contributed by atoms with van der Waals surface area (Å²) in [5.74, 6) is 0.548. The summed E-state index contributed by atoms with van der Waals surface area (Å²) < 4.78 is 17.5. The van der Waals surface area contributed by atoms with E-state index in [0.29, 0.717) is 44.2 Å². The zero-order chi connectivity index (χ0) is 21.3. The molecule has 4 aromatic rings. The molecule has 0 saturated carbocycles. The molecule has 150 valence electrons. The van der Waals surface area contributed by atoms with Gasteiger partial charge in [0.25, 0.3) is 0 Å². The van der Waals surface area contributed by atoms with Crippen molar-refractivity contribution >= 4 is 50.1 Å². The number of hydrogen-bond donors (Lipinski definition) is 0. The molecule has 4 rings (SSSR count). The van der Waals surface area contributed by atoms with Gasteiger partial charge in [-0.15, -0.1) is 11.3 Å². The molecule has 0 unspecified atom stereocenters. The quantitative estimate of drug-likeness (QED) is 0.310. The van der Waals surface area contributed by atoms with Gasteiger partial charge >= 0.3 is 5.97 Å². The molecule has 2 aromatic carbocycles. The lowest BCUT2D eigenvalue weighted by Gasteiger charge is -2.06. The number of benzene rings is 2. The van der Waals surface area contributed by atoms with Gasteiger partial charge in [-0.2, -0.15) is 5.26 Å². The van der Waals surface area contributed by atoms with Gasteiger partial charge in [0.05, 0.1) is 29.5 Å². The SMILES string of the molecule is CCOC(=O)c1c(C)oc2cc(C=C(C#N)c3nc4ccccc4s3)c(OC)cc12. The molecule has 0 bridgehead atoms. The van der Waals surface area contributed by atoms with Crippen molar-refractivity contribution in [2.24, 2.45) is 0 Å². The zero-order valence-corrected chi connectivity index (χ0v) is 17.5. The number of rotatable bonds is 5. The van der Waals surface area contributed by atoms with Crippen LogP contribution in [0.5, 0.6) is 5.75 Å². The van der Waals surface area contributed by atoms with Crippen LogP contribution in [0.15, 0.2) is 40.8 Å². The predicted molar refractivity (Wildman–Crippen MR) is 117 cm³/mol. The van der Waals surface area contributed by atoms with E-state index in [1.54, 1.807) is 39.2 Å². The van der Waals surface area contributed by atoms with Crippen molar-refractivity contribution in [2.45, 2.75) is 13.8 Å². The summed E-state index contributed by atoms with van der Waals surface area (Å²) in [7, 11) is 1.54. The molecule has 0 fully saturated rings. The van der Waals surface area contributed by atoms with Crippen LogP contribution in [-0.4, -0.2) is 24.7 Å². The maximum Gasteiger partial charge on any atom is 0.342 e. The summed E-state index contributed by atoms with van der Waals surface area (Å²) in [5, 5.41) is 11.0. The summed E-state index contributed by atoms with van der Waals surface area (Å²) >= 11 is 1.45. The number of para-hydroxylation sites is 1. The Labute approximate surface area is 177 Å². The monoisotopic (exact) mass is 418 g/mol. The zero-order valence-electron chi connectivity index (χ0n) is 16.7. The Kier molecular flexibility index (Phi) is 5.25. The van der Waals surface area contributed by atoms with E-state index in [1.807, 2.05) is 24.3 Å². The fourth-order valence-electron chi connectivity index (χ4n) is 3.29. The molecule has 0 atom stereocenters. The molecule has 2 aromatic heterocycles. The highest BCUT2D eigenvalue weighted by atomic mass is 32.1. The van der Waals surface area contributed by atoms with Crippen LogP contribution in [0.1, 0.15) is 33.6 Å². The molecule has 0 N–H and O–H groups in total. The topological polar surface area (TPSA) is 85.4 Å². The molecule has 0 amide bonds. The molecule has 2 heterocycles. The standard InChI is InChI=1S/C23H18N2O4S/c1-4-28-23(26)21-13(2)29-19-10-14(18(27-3)11-16(19)21)9-15(12-24)22-25-17-7-5-6-8-20(17)30-22/h5-11H,4H2,1-3H3. The highest BCUT2D eigenvalue weighted by Crippen LogP contribution is 2.35. The summed E-state index contributed by atoms with van der Waals surface area (Å²) in [5.41, 5.74) is 2.83. The minimum absolute atomic E-state index is 0.274. The number of nitriles is 1. The fraction of sp³-hybridized carbons (Fsp3) is 0.174. The van der Waals surface area contributed by atoms with Gasteiger partial charge in [-0.1, -0.05) is 12.1 Å². The van der Waals surface area contributed by atoms with Crippen molar-refractivity contribution in [1.82, 2.24) is 4.98 Å². The van der Waals surface area contributed by atoms with E-state index in [0.717, 1.165) is 10.2 Å². The van der Waals surface area contributed by atoms with Gasteiger partial charge in [0.15, 0.2) is 0 Å². The first kappa shape index (κ1) is 19.7. The van der Waals surface area contributed by atoms with Gasteiger partial charge in [0.2, 0.25) is 0 Å². The number of esters is 1. The number of furan rings is 1. The molecule has 7 heteroatoms. The lowest BCUT2D eigenvalue weighted by molar-refractivity contribution is 0.0526. The molecule has 0 spiro atoms. The Hall–Kier alpha value is -3.63. The molecule has 0 aliphatic heterocycles. The van der Waals surface area contributed by atoms with Gasteiger partial charge in [-0.05, 0) is 44.2 Å². The van der Waals surface area contributed by atoms with E-state index in [-0.39, 0.29) is 6.61 Å². The van der Waals surface area contributed by atoms with Crippen molar-refractivity contribution in [3.05, 3.63) is 58.3 Å². The van der Waals surface area contributed by atoms with E-state index in [9.17, 15) is 10.1 Å². The van der Waals surface area contributed by atoms with Crippen LogP contribution in [0, 0.1) is 18.3 Å². The first-order valence-corrected chi connectivity index (χ1v) is 10.1.